The summed E-state index contributed by atoms with van der Waals surface area (Å²) < 4.78 is 11.1. The Morgan fingerprint density at radius 2 is 1.95 bits per heavy atom. The molecule has 0 aliphatic heterocycles. The Balaban J connectivity index is 2.22. The van der Waals surface area contributed by atoms with Gasteiger partial charge < -0.3 is 14.9 Å². The van der Waals surface area contributed by atoms with Crippen molar-refractivity contribution >= 4 is 11.0 Å². The Kier molecular flexibility index (Phi) is 2.97. The fourth-order valence-corrected chi connectivity index (χ4v) is 2.17. The van der Waals surface area contributed by atoms with Gasteiger partial charge >= 0.3 is 0 Å². The SMILES string of the molecule is COc1cc(-c2cc[c]cc2)cc2cc(CN)oc12. The van der Waals surface area contributed by atoms with Crippen LogP contribution in [0.4, 0.5) is 0 Å². The van der Waals surface area contributed by atoms with Crippen molar-refractivity contribution in [2.75, 3.05) is 7.11 Å². The summed E-state index contributed by atoms with van der Waals surface area (Å²) in [6.45, 7) is 0.382. The minimum absolute atomic E-state index is 0.382. The Hall–Kier alpha value is -2.26. The van der Waals surface area contributed by atoms with Crippen LogP contribution in [-0.2, 0) is 6.54 Å². The number of rotatable bonds is 3. The number of hydrogen-bond acceptors (Lipinski definition) is 3. The minimum Gasteiger partial charge on any atom is -0.493 e. The van der Waals surface area contributed by atoms with E-state index >= 15 is 0 Å². The average molecular weight is 252 g/mol. The van der Waals surface area contributed by atoms with Crippen LogP contribution in [0.15, 0.2) is 46.9 Å². The number of fused-ring (bicyclic) bond motifs is 1. The highest BCUT2D eigenvalue weighted by molar-refractivity contribution is 5.89. The maximum atomic E-state index is 5.67. The Morgan fingerprint density at radius 3 is 2.63 bits per heavy atom. The van der Waals surface area contributed by atoms with Crippen molar-refractivity contribution in [2.24, 2.45) is 5.73 Å². The van der Waals surface area contributed by atoms with Crippen molar-refractivity contribution in [3.05, 3.63) is 54.3 Å². The van der Waals surface area contributed by atoms with E-state index in [9.17, 15) is 0 Å². The molecule has 0 amide bonds. The van der Waals surface area contributed by atoms with E-state index in [1.54, 1.807) is 7.11 Å². The predicted molar refractivity (Wildman–Crippen MR) is 74.9 cm³/mol. The molecule has 1 heterocycles. The van der Waals surface area contributed by atoms with Gasteiger partial charge in [-0.3, -0.25) is 0 Å². The van der Waals surface area contributed by atoms with Gasteiger partial charge in [0.25, 0.3) is 0 Å². The molecule has 2 N–H and O–H groups in total. The zero-order chi connectivity index (χ0) is 13.2. The van der Waals surface area contributed by atoms with E-state index in [1.165, 1.54) is 0 Å². The molecule has 1 aromatic heterocycles. The lowest BCUT2D eigenvalue weighted by atomic mass is 10.0. The highest BCUT2D eigenvalue weighted by Crippen LogP contribution is 2.34. The molecule has 3 heteroatoms. The summed E-state index contributed by atoms with van der Waals surface area (Å²) in [5.41, 5.74) is 8.57. The van der Waals surface area contributed by atoms with E-state index in [0.717, 1.165) is 33.6 Å². The van der Waals surface area contributed by atoms with Crippen LogP contribution in [0.25, 0.3) is 22.1 Å². The van der Waals surface area contributed by atoms with Crippen LogP contribution in [-0.4, -0.2) is 7.11 Å². The number of ether oxygens (including phenoxy) is 1. The normalized spacial score (nSPS) is 10.8. The Labute approximate surface area is 111 Å². The van der Waals surface area contributed by atoms with Gasteiger partial charge in [0.1, 0.15) is 5.76 Å². The van der Waals surface area contributed by atoms with Gasteiger partial charge in [-0.05, 0) is 35.4 Å². The number of nitrogens with two attached hydrogens (primary N) is 1. The molecule has 3 nitrogen and oxygen atoms in total. The largest absolute Gasteiger partial charge is 0.493 e. The Bertz CT molecular complexity index is 701. The Morgan fingerprint density at radius 1 is 1.16 bits per heavy atom. The van der Waals surface area contributed by atoms with Crippen LogP contribution in [0.2, 0.25) is 0 Å². The molecule has 0 aliphatic carbocycles. The van der Waals surface area contributed by atoms with E-state index in [-0.39, 0.29) is 0 Å². The lowest BCUT2D eigenvalue weighted by molar-refractivity contribution is 0.408. The number of methoxy groups -OCH3 is 1. The molecule has 3 aromatic rings. The van der Waals surface area contributed by atoms with Crippen molar-refractivity contribution in [3.63, 3.8) is 0 Å². The molecule has 0 fully saturated rings. The summed E-state index contributed by atoms with van der Waals surface area (Å²) in [4.78, 5) is 0. The summed E-state index contributed by atoms with van der Waals surface area (Å²) in [6.07, 6.45) is 0. The second-order valence-corrected chi connectivity index (χ2v) is 4.30. The molecule has 0 spiro atoms. The fraction of sp³-hybridized carbons (Fsp3) is 0.125. The maximum Gasteiger partial charge on any atom is 0.176 e. The van der Waals surface area contributed by atoms with Gasteiger partial charge in [0.15, 0.2) is 11.3 Å². The lowest BCUT2D eigenvalue weighted by Gasteiger charge is -2.05. The summed E-state index contributed by atoms with van der Waals surface area (Å²) in [5, 5.41) is 1.00. The van der Waals surface area contributed by atoms with E-state index in [0.29, 0.717) is 6.54 Å². The zero-order valence-corrected chi connectivity index (χ0v) is 10.6. The molecule has 19 heavy (non-hydrogen) atoms. The molecule has 0 saturated carbocycles. The molecular weight excluding hydrogens is 238 g/mol. The minimum atomic E-state index is 0.382. The monoisotopic (exact) mass is 252 g/mol. The van der Waals surface area contributed by atoms with Gasteiger partial charge in [-0.25, -0.2) is 0 Å². The van der Waals surface area contributed by atoms with Gasteiger partial charge in [0, 0.05) is 5.39 Å². The molecular formula is C16H14NO2. The third-order valence-corrected chi connectivity index (χ3v) is 3.11. The smallest absolute Gasteiger partial charge is 0.176 e. The lowest BCUT2D eigenvalue weighted by Crippen LogP contribution is -1.92. The highest BCUT2D eigenvalue weighted by Gasteiger charge is 2.11. The van der Waals surface area contributed by atoms with Crippen LogP contribution in [0, 0.1) is 6.07 Å². The molecule has 0 atom stereocenters. The van der Waals surface area contributed by atoms with Gasteiger partial charge in [0.05, 0.1) is 13.7 Å². The molecule has 0 unspecified atom stereocenters. The predicted octanol–water partition coefficient (Wildman–Crippen LogP) is 3.37. The maximum absolute atomic E-state index is 5.67. The number of hydrogen-bond donors (Lipinski definition) is 1. The van der Waals surface area contributed by atoms with Crippen molar-refractivity contribution in [1.29, 1.82) is 0 Å². The van der Waals surface area contributed by atoms with E-state index in [2.05, 4.69) is 12.1 Å². The summed E-state index contributed by atoms with van der Waals surface area (Å²) in [5.74, 6) is 1.48. The standard InChI is InChI=1S/C16H14NO2/c1-18-15-9-12(11-5-3-2-4-6-11)7-13-8-14(10-17)19-16(13)15/h3-9H,10,17H2,1H3. The van der Waals surface area contributed by atoms with E-state index in [1.807, 2.05) is 36.4 Å². The summed E-state index contributed by atoms with van der Waals surface area (Å²) in [7, 11) is 1.64. The molecule has 95 valence electrons. The first-order valence-electron chi connectivity index (χ1n) is 6.09. The van der Waals surface area contributed by atoms with Crippen molar-refractivity contribution in [2.45, 2.75) is 6.54 Å². The van der Waals surface area contributed by atoms with Gasteiger partial charge in [-0.2, -0.15) is 0 Å². The van der Waals surface area contributed by atoms with Crippen LogP contribution in [0.1, 0.15) is 5.76 Å². The van der Waals surface area contributed by atoms with Crippen molar-refractivity contribution < 1.29 is 9.15 Å². The van der Waals surface area contributed by atoms with E-state index in [4.69, 9.17) is 14.9 Å². The first kappa shape index (κ1) is 11.8. The van der Waals surface area contributed by atoms with Crippen LogP contribution in [0.3, 0.4) is 0 Å². The van der Waals surface area contributed by atoms with Crippen LogP contribution in [0.5, 0.6) is 5.75 Å². The van der Waals surface area contributed by atoms with Gasteiger partial charge in [0.2, 0.25) is 0 Å². The topological polar surface area (TPSA) is 48.4 Å². The molecule has 2 aromatic carbocycles. The average Bonchev–Trinajstić information content (AvgIpc) is 2.90. The van der Waals surface area contributed by atoms with Gasteiger partial charge in [-0.1, -0.05) is 24.3 Å². The molecule has 3 rings (SSSR count). The van der Waals surface area contributed by atoms with Crippen LogP contribution < -0.4 is 10.5 Å². The quantitative estimate of drug-likeness (QED) is 0.777. The fourth-order valence-electron chi connectivity index (χ4n) is 2.17. The number of furan rings is 1. The third-order valence-electron chi connectivity index (χ3n) is 3.11. The summed E-state index contributed by atoms with van der Waals surface area (Å²) >= 11 is 0. The van der Waals surface area contributed by atoms with Gasteiger partial charge in [-0.15, -0.1) is 0 Å². The first-order chi connectivity index (χ1) is 9.31. The van der Waals surface area contributed by atoms with Crippen molar-refractivity contribution in [1.82, 2.24) is 0 Å². The third kappa shape index (κ3) is 2.09. The second kappa shape index (κ2) is 4.78. The first-order valence-corrected chi connectivity index (χ1v) is 6.09. The van der Waals surface area contributed by atoms with E-state index < -0.39 is 0 Å². The van der Waals surface area contributed by atoms with Crippen molar-refractivity contribution in [3.8, 4) is 16.9 Å². The second-order valence-electron chi connectivity index (χ2n) is 4.30. The van der Waals surface area contributed by atoms with Crippen LogP contribution >= 0.6 is 0 Å². The zero-order valence-electron chi connectivity index (χ0n) is 10.6. The molecule has 0 saturated heterocycles. The molecule has 1 radical (unpaired) electrons. The molecule has 0 aliphatic rings. The molecule has 0 bridgehead atoms. The number of benzene rings is 2. The highest BCUT2D eigenvalue weighted by atomic mass is 16.5. The summed E-state index contributed by atoms with van der Waals surface area (Å²) in [6, 6.07) is 16.9.